The summed E-state index contributed by atoms with van der Waals surface area (Å²) < 4.78 is 5.25. The molecule has 154 valence electrons. The number of fused-ring (bicyclic) bond motifs is 3. The molecule has 5 aromatic carbocycles. The number of hydrogen-bond donors (Lipinski definition) is 0. The topological polar surface area (TPSA) is 26.3 Å². The third-order valence-corrected chi connectivity index (χ3v) is 7.76. The molecule has 0 aliphatic carbocycles. The van der Waals surface area contributed by atoms with Gasteiger partial charge in [-0.1, -0.05) is 121 Å². The summed E-state index contributed by atoms with van der Waals surface area (Å²) in [6.07, 6.45) is 0. The minimum atomic E-state index is -0.903. The van der Waals surface area contributed by atoms with Crippen LogP contribution in [-0.4, -0.2) is 5.97 Å². The molecular weight excluding hydrogens is 412 g/mol. The third-order valence-electron chi connectivity index (χ3n) is 6.20. The Hall–Kier alpha value is -3.56. The van der Waals surface area contributed by atoms with Gasteiger partial charge in [-0.05, 0) is 38.7 Å². The number of carbonyl (C=O) groups is 1. The molecule has 0 unspecified atom stereocenters. The molecule has 3 heteroatoms. The number of carbonyl (C=O) groups excluding carboxylic acids is 1. The molecular formula is C29H20O2S. The van der Waals surface area contributed by atoms with Crippen molar-refractivity contribution in [1.82, 2.24) is 0 Å². The van der Waals surface area contributed by atoms with Crippen LogP contribution in [0.15, 0.2) is 115 Å². The molecule has 1 fully saturated rings. The van der Waals surface area contributed by atoms with E-state index < -0.39 is 10.2 Å². The summed E-state index contributed by atoms with van der Waals surface area (Å²) in [6.45, 7) is 0. The molecule has 1 atom stereocenters. The molecule has 0 N–H and O–H groups in total. The Bertz CT molecular complexity index is 1400. The summed E-state index contributed by atoms with van der Waals surface area (Å²) in [5, 5.41) is 4.65. The first-order chi connectivity index (χ1) is 15.8. The van der Waals surface area contributed by atoms with E-state index in [1.54, 1.807) is 11.8 Å². The van der Waals surface area contributed by atoms with Crippen molar-refractivity contribution in [1.29, 1.82) is 0 Å². The summed E-state index contributed by atoms with van der Waals surface area (Å²) >= 11 is 1.58. The van der Waals surface area contributed by atoms with Crippen LogP contribution >= 0.6 is 11.8 Å². The van der Waals surface area contributed by atoms with E-state index in [2.05, 4.69) is 42.5 Å². The SMILES string of the molecule is O=C1O[C@@H](c2cc3ccccc3c3ccccc23)SC1(c1ccccc1)c1ccccc1. The summed E-state index contributed by atoms with van der Waals surface area (Å²) in [5.41, 5.74) is 2.51. The highest BCUT2D eigenvalue weighted by atomic mass is 32.2. The van der Waals surface area contributed by atoms with Crippen molar-refractivity contribution in [3.63, 3.8) is 0 Å². The summed E-state index contributed by atoms with van der Waals surface area (Å²) in [7, 11) is 0. The Kier molecular flexibility index (Phi) is 4.51. The molecule has 5 aromatic rings. The van der Waals surface area contributed by atoms with Crippen LogP contribution in [0.1, 0.15) is 22.1 Å². The van der Waals surface area contributed by atoms with Crippen molar-refractivity contribution in [2.24, 2.45) is 0 Å². The molecule has 1 heterocycles. The van der Waals surface area contributed by atoms with Crippen molar-refractivity contribution in [3.05, 3.63) is 132 Å². The van der Waals surface area contributed by atoms with Gasteiger partial charge in [0, 0.05) is 5.56 Å². The van der Waals surface area contributed by atoms with Gasteiger partial charge >= 0.3 is 5.97 Å². The molecule has 0 amide bonds. The number of thioether (sulfide) groups is 1. The Morgan fingerprint density at radius 2 is 1.16 bits per heavy atom. The Balaban J connectivity index is 1.56. The second-order valence-electron chi connectivity index (χ2n) is 8.00. The smallest absolute Gasteiger partial charge is 0.333 e. The predicted molar refractivity (Wildman–Crippen MR) is 132 cm³/mol. The zero-order valence-electron chi connectivity index (χ0n) is 17.3. The van der Waals surface area contributed by atoms with E-state index in [0.717, 1.165) is 27.5 Å². The van der Waals surface area contributed by atoms with Gasteiger partial charge in [0.1, 0.15) is 0 Å². The molecule has 0 spiro atoms. The fourth-order valence-corrected chi connectivity index (χ4v) is 6.17. The van der Waals surface area contributed by atoms with Crippen molar-refractivity contribution in [2.75, 3.05) is 0 Å². The van der Waals surface area contributed by atoms with E-state index >= 15 is 0 Å². The van der Waals surface area contributed by atoms with Gasteiger partial charge in [-0.3, -0.25) is 0 Å². The predicted octanol–water partition coefficient (Wildman–Crippen LogP) is 7.23. The standard InChI is InChI=1S/C29H20O2S/c30-28-29(21-12-3-1-4-13-21,22-14-5-2-6-15-22)32-27(31-28)26-19-20-11-7-8-16-23(20)24-17-9-10-18-25(24)26/h1-19,27H/t27-/m1/s1. The highest BCUT2D eigenvalue weighted by molar-refractivity contribution is 8.01. The van der Waals surface area contributed by atoms with Gasteiger partial charge in [0.05, 0.1) is 0 Å². The van der Waals surface area contributed by atoms with Gasteiger partial charge in [-0.2, -0.15) is 0 Å². The van der Waals surface area contributed by atoms with E-state index in [9.17, 15) is 4.79 Å². The number of hydrogen-bond acceptors (Lipinski definition) is 3. The van der Waals surface area contributed by atoms with E-state index in [0.29, 0.717) is 0 Å². The van der Waals surface area contributed by atoms with E-state index in [1.807, 2.05) is 72.8 Å². The molecule has 2 nitrogen and oxygen atoms in total. The van der Waals surface area contributed by atoms with Crippen LogP contribution in [0.4, 0.5) is 0 Å². The average molecular weight is 433 g/mol. The zero-order valence-corrected chi connectivity index (χ0v) is 18.1. The molecule has 1 saturated heterocycles. The first kappa shape index (κ1) is 19.1. The molecule has 0 bridgehead atoms. The number of cyclic esters (lactones) is 1. The van der Waals surface area contributed by atoms with Crippen LogP contribution in [0.25, 0.3) is 21.5 Å². The van der Waals surface area contributed by atoms with Crippen LogP contribution < -0.4 is 0 Å². The van der Waals surface area contributed by atoms with Crippen LogP contribution in [0.5, 0.6) is 0 Å². The summed E-state index contributed by atoms with van der Waals surface area (Å²) in [4.78, 5) is 13.6. The van der Waals surface area contributed by atoms with Gasteiger partial charge in [-0.25, -0.2) is 4.79 Å². The largest absolute Gasteiger partial charge is 0.445 e. The van der Waals surface area contributed by atoms with Gasteiger partial charge in [0.15, 0.2) is 10.2 Å². The van der Waals surface area contributed by atoms with Gasteiger partial charge in [0.25, 0.3) is 0 Å². The highest BCUT2D eigenvalue weighted by Gasteiger charge is 2.53. The average Bonchev–Trinajstić information content (AvgIpc) is 3.22. The van der Waals surface area contributed by atoms with Gasteiger partial charge < -0.3 is 4.74 Å². The van der Waals surface area contributed by atoms with E-state index in [-0.39, 0.29) is 5.97 Å². The van der Waals surface area contributed by atoms with Crippen molar-refractivity contribution in [2.45, 2.75) is 10.2 Å². The first-order valence-electron chi connectivity index (χ1n) is 10.7. The number of benzene rings is 5. The normalized spacial score (nSPS) is 17.5. The fraction of sp³-hybridized carbons (Fsp3) is 0.0690. The third kappa shape index (κ3) is 2.85. The van der Waals surface area contributed by atoms with Crippen LogP contribution in [-0.2, 0) is 14.3 Å². The van der Waals surface area contributed by atoms with Gasteiger partial charge in [0.2, 0.25) is 0 Å². The second kappa shape index (κ2) is 7.54. The highest BCUT2D eigenvalue weighted by Crippen LogP contribution is 2.57. The lowest BCUT2D eigenvalue weighted by molar-refractivity contribution is -0.144. The van der Waals surface area contributed by atoms with Crippen LogP contribution in [0, 0.1) is 0 Å². The zero-order chi connectivity index (χ0) is 21.5. The summed E-state index contributed by atoms with van der Waals surface area (Å²) in [6, 6.07) is 38.9. The maximum atomic E-state index is 13.6. The lowest BCUT2D eigenvalue weighted by atomic mass is 9.90. The number of esters is 1. The van der Waals surface area contributed by atoms with Crippen molar-refractivity contribution < 1.29 is 9.53 Å². The molecule has 0 saturated carbocycles. The molecule has 6 rings (SSSR count). The quantitative estimate of drug-likeness (QED) is 0.222. The Morgan fingerprint density at radius 3 is 1.81 bits per heavy atom. The second-order valence-corrected chi connectivity index (χ2v) is 9.28. The maximum Gasteiger partial charge on any atom is 0.333 e. The van der Waals surface area contributed by atoms with Crippen LogP contribution in [0.2, 0.25) is 0 Å². The molecule has 0 aromatic heterocycles. The summed E-state index contributed by atoms with van der Waals surface area (Å²) in [5.74, 6) is -0.220. The van der Waals surface area contributed by atoms with E-state index in [4.69, 9.17) is 4.74 Å². The number of rotatable bonds is 3. The van der Waals surface area contributed by atoms with Crippen LogP contribution in [0.3, 0.4) is 0 Å². The Labute approximate surface area is 190 Å². The molecule has 1 aliphatic rings. The monoisotopic (exact) mass is 432 g/mol. The minimum absolute atomic E-state index is 0.220. The molecule has 32 heavy (non-hydrogen) atoms. The minimum Gasteiger partial charge on any atom is -0.445 e. The maximum absolute atomic E-state index is 13.6. The molecule has 0 radical (unpaired) electrons. The first-order valence-corrected chi connectivity index (χ1v) is 11.6. The molecule has 1 aliphatic heterocycles. The Morgan fingerprint density at radius 1 is 0.625 bits per heavy atom. The van der Waals surface area contributed by atoms with Crippen molar-refractivity contribution in [3.8, 4) is 0 Å². The lowest BCUT2D eigenvalue weighted by Crippen LogP contribution is -2.30. The van der Waals surface area contributed by atoms with Gasteiger partial charge in [-0.15, -0.1) is 0 Å². The van der Waals surface area contributed by atoms with Crippen molar-refractivity contribution >= 4 is 39.3 Å². The fourth-order valence-electron chi connectivity index (χ4n) is 4.70. The van der Waals surface area contributed by atoms with E-state index in [1.165, 1.54) is 10.8 Å². The lowest BCUT2D eigenvalue weighted by Gasteiger charge is -2.25. The number of ether oxygens (including phenoxy) is 1.